The van der Waals surface area contributed by atoms with Crippen LogP contribution in [0.25, 0.3) is 6.08 Å². The van der Waals surface area contributed by atoms with Crippen molar-refractivity contribution in [3.8, 4) is 17.2 Å². The topological polar surface area (TPSA) is 57.2 Å². The van der Waals surface area contributed by atoms with Crippen molar-refractivity contribution in [2.45, 2.75) is 34.0 Å². The first-order valence-corrected chi connectivity index (χ1v) is 12.8. The highest BCUT2D eigenvalue weighted by Crippen LogP contribution is 2.38. The third-order valence-electron chi connectivity index (χ3n) is 6.41. The molecule has 3 aromatic carbocycles. The molecular weight excluding hydrogens is 522 g/mol. The Morgan fingerprint density at radius 3 is 2.61 bits per heavy atom. The fourth-order valence-corrected chi connectivity index (χ4v) is 5.16. The highest BCUT2D eigenvalue weighted by Gasteiger charge is 2.30. The van der Waals surface area contributed by atoms with E-state index in [1.165, 1.54) is 0 Å². The van der Waals surface area contributed by atoms with Crippen molar-refractivity contribution in [3.05, 3.63) is 86.6 Å². The minimum Gasteiger partial charge on any atom is -0.489 e. The van der Waals surface area contributed by atoms with Crippen molar-refractivity contribution < 1.29 is 23.7 Å². The van der Waals surface area contributed by atoms with Gasteiger partial charge in [0, 0.05) is 40.4 Å². The van der Waals surface area contributed by atoms with Crippen molar-refractivity contribution in [3.63, 3.8) is 0 Å². The standard InChI is InChI=1S/C29H28BrNO5/c1-4-31(5-2)23-8-6-19(7-9-23)11-26-28(32)27-18(3)10-24(14-25(27)36-26)34-16-21-13-22(30)12-20-15-33-17-35-29(20)21/h6-14H,4-5,15-17H2,1-3H3/b26-11-. The molecule has 0 saturated heterocycles. The van der Waals surface area contributed by atoms with E-state index in [9.17, 15) is 4.79 Å². The van der Waals surface area contributed by atoms with Gasteiger partial charge in [-0.05, 0) is 68.3 Å². The van der Waals surface area contributed by atoms with Gasteiger partial charge in [-0.25, -0.2) is 0 Å². The van der Waals surface area contributed by atoms with Crippen LogP contribution in [0.4, 0.5) is 5.69 Å². The molecule has 0 amide bonds. The molecule has 0 unspecified atom stereocenters. The van der Waals surface area contributed by atoms with Gasteiger partial charge in [0.15, 0.2) is 12.6 Å². The number of hydrogen-bond donors (Lipinski definition) is 0. The van der Waals surface area contributed by atoms with Gasteiger partial charge in [-0.2, -0.15) is 0 Å². The largest absolute Gasteiger partial charge is 0.489 e. The molecule has 36 heavy (non-hydrogen) atoms. The number of nitrogens with zero attached hydrogens (tertiary/aromatic N) is 1. The first kappa shape index (κ1) is 24.4. The second kappa shape index (κ2) is 10.4. The normalized spacial score (nSPS) is 15.2. The smallest absolute Gasteiger partial charge is 0.232 e. The number of fused-ring (bicyclic) bond motifs is 2. The Bertz CT molecular complexity index is 1330. The zero-order valence-electron chi connectivity index (χ0n) is 20.6. The average molecular weight is 550 g/mol. The zero-order chi connectivity index (χ0) is 25.2. The van der Waals surface area contributed by atoms with Crippen molar-refractivity contribution in [2.75, 3.05) is 24.8 Å². The summed E-state index contributed by atoms with van der Waals surface area (Å²) < 4.78 is 24.1. The number of carbonyl (C=O) groups excluding carboxylic acids is 1. The van der Waals surface area contributed by atoms with Gasteiger partial charge >= 0.3 is 0 Å². The maximum atomic E-state index is 13.1. The summed E-state index contributed by atoms with van der Waals surface area (Å²) in [6, 6.07) is 15.8. The number of halogens is 1. The van der Waals surface area contributed by atoms with Crippen LogP contribution >= 0.6 is 15.9 Å². The van der Waals surface area contributed by atoms with Gasteiger partial charge in [-0.1, -0.05) is 28.1 Å². The number of ether oxygens (including phenoxy) is 4. The molecule has 0 aliphatic carbocycles. The Balaban J connectivity index is 1.34. The Labute approximate surface area is 219 Å². The highest BCUT2D eigenvalue weighted by atomic mass is 79.9. The van der Waals surface area contributed by atoms with Crippen LogP contribution in [-0.2, 0) is 18.0 Å². The van der Waals surface area contributed by atoms with Crippen molar-refractivity contribution in [1.82, 2.24) is 0 Å². The Kier molecular flexibility index (Phi) is 7.03. The summed E-state index contributed by atoms with van der Waals surface area (Å²) in [5, 5.41) is 0. The van der Waals surface area contributed by atoms with Crippen molar-refractivity contribution in [1.29, 1.82) is 0 Å². The van der Waals surface area contributed by atoms with Crippen molar-refractivity contribution in [2.24, 2.45) is 0 Å². The Morgan fingerprint density at radius 2 is 1.86 bits per heavy atom. The minimum absolute atomic E-state index is 0.115. The number of allylic oxidation sites excluding steroid dienone is 1. The van der Waals surface area contributed by atoms with Crippen molar-refractivity contribution >= 4 is 33.5 Å². The van der Waals surface area contributed by atoms with E-state index in [0.29, 0.717) is 36.0 Å². The van der Waals surface area contributed by atoms with E-state index < -0.39 is 0 Å². The minimum atomic E-state index is -0.115. The molecule has 6 nitrogen and oxygen atoms in total. The first-order valence-electron chi connectivity index (χ1n) is 12.0. The molecule has 0 saturated carbocycles. The fraction of sp³-hybridized carbons (Fsp3) is 0.276. The highest BCUT2D eigenvalue weighted by molar-refractivity contribution is 9.10. The van der Waals surface area contributed by atoms with Crippen LogP contribution in [-0.4, -0.2) is 25.7 Å². The van der Waals surface area contributed by atoms with Crippen LogP contribution in [0, 0.1) is 6.92 Å². The molecule has 2 aliphatic heterocycles. The molecule has 186 valence electrons. The van der Waals surface area contributed by atoms with Gasteiger partial charge in [0.1, 0.15) is 23.9 Å². The molecule has 2 aliphatic rings. The molecule has 0 atom stereocenters. The Hall–Kier alpha value is -3.29. The zero-order valence-corrected chi connectivity index (χ0v) is 22.2. The summed E-state index contributed by atoms with van der Waals surface area (Å²) in [6.45, 7) is 9.11. The molecule has 0 aromatic heterocycles. The van der Waals surface area contributed by atoms with E-state index in [0.717, 1.165) is 51.3 Å². The summed E-state index contributed by atoms with van der Waals surface area (Å²) in [6.07, 6.45) is 1.79. The van der Waals surface area contributed by atoms with E-state index in [-0.39, 0.29) is 12.6 Å². The van der Waals surface area contributed by atoms with Gasteiger partial charge < -0.3 is 23.8 Å². The second-order valence-corrected chi connectivity index (χ2v) is 9.69. The number of rotatable bonds is 7. The molecule has 0 spiro atoms. The van der Waals surface area contributed by atoms with Gasteiger partial charge in [-0.3, -0.25) is 4.79 Å². The predicted molar refractivity (Wildman–Crippen MR) is 143 cm³/mol. The van der Waals surface area contributed by atoms with E-state index >= 15 is 0 Å². The van der Waals surface area contributed by atoms with Crippen LogP contribution in [0.5, 0.6) is 17.2 Å². The molecule has 0 fully saturated rings. The molecular formula is C29H28BrNO5. The molecule has 3 aromatic rings. The number of hydrogen-bond acceptors (Lipinski definition) is 6. The summed E-state index contributed by atoms with van der Waals surface area (Å²) >= 11 is 3.55. The monoisotopic (exact) mass is 549 g/mol. The fourth-order valence-electron chi connectivity index (χ4n) is 4.61. The number of benzene rings is 3. The first-order chi connectivity index (χ1) is 17.5. The second-order valence-electron chi connectivity index (χ2n) is 8.77. The molecule has 2 heterocycles. The van der Waals surface area contributed by atoms with Crippen LogP contribution < -0.4 is 19.1 Å². The third-order valence-corrected chi connectivity index (χ3v) is 6.87. The van der Waals surface area contributed by atoms with E-state index in [4.69, 9.17) is 18.9 Å². The average Bonchev–Trinajstić information content (AvgIpc) is 3.19. The third kappa shape index (κ3) is 4.86. The van der Waals surface area contributed by atoms with E-state index in [1.54, 1.807) is 12.1 Å². The molecule has 5 rings (SSSR count). The number of Topliss-reactive ketones (excluding diaryl/α,β-unsaturated/α-hetero) is 1. The molecule has 0 bridgehead atoms. The van der Waals surface area contributed by atoms with Gasteiger partial charge in [0.05, 0.1) is 12.2 Å². The van der Waals surface area contributed by atoms with Crippen LogP contribution in [0.1, 0.15) is 46.5 Å². The summed E-state index contributed by atoms with van der Waals surface area (Å²) in [4.78, 5) is 15.4. The van der Waals surface area contributed by atoms with Crippen LogP contribution in [0.15, 0.2) is 58.8 Å². The van der Waals surface area contributed by atoms with Crippen LogP contribution in [0.2, 0.25) is 0 Å². The van der Waals surface area contributed by atoms with E-state index in [2.05, 4.69) is 46.8 Å². The van der Waals surface area contributed by atoms with Crippen LogP contribution in [0.3, 0.4) is 0 Å². The molecule has 0 N–H and O–H groups in total. The summed E-state index contributed by atoms with van der Waals surface area (Å²) in [5.41, 5.74) is 5.37. The maximum Gasteiger partial charge on any atom is 0.232 e. The quantitative estimate of drug-likeness (QED) is 0.307. The SMILES string of the molecule is CCN(CC)c1ccc(/C=C2\Oc3cc(OCc4cc(Br)cc5c4OCOC5)cc(C)c3C2=O)cc1. The Morgan fingerprint density at radius 1 is 1.08 bits per heavy atom. The number of carbonyl (C=O) groups is 1. The van der Waals surface area contributed by atoms with Gasteiger partial charge in [-0.15, -0.1) is 0 Å². The number of aryl methyl sites for hydroxylation is 1. The maximum absolute atomic E-state index is 13.1. The number of anilines is 1. The van der Waals surface area contributed by atoms with E-state index in [1.807, 2.05) is 37.3 Å². The number of ketones is 1. The summed E-state index contributed by atoms with van der Waals surface area (Å²) in [7, 11) is 0. The predicted octanol–water partition coefficient (Wildman–Crippen LogP) is 6.67. The van der Waals surface area contributed by atoms with Gasteiger partial charge in [0.25, 0.3) is 0 Å². The lowest BCUT2D eigenvalue weighted by Gasteiger charge is -2.21. The lowest BCUT2D eigenvalue weighted by molar-refractivity contribution is -0.0176. The molecule has 7 heteroatoms. The molecule has 0 radical (unpaired) electrons. The van der Waals surface area contributed by atoms with Gasteiger partial charge in [0.2, 0.25) is 5.78 Å². The lowest BCUT2D eigenvalue weighted by atomic mass is 10.0. The lowest BCUT2D eigenvalue weighted by Crippen LogP contribution is -2.21. The summed E-state index contributed by atoms with van der Waals surface area (Å²) in [5.74, 6) is 2.14.